The number of hydrogen-bond donors (Lipinski definition) is 2. The van der Waals surface area contributed by atoms with Gasteiger partial charge in [0.1, 0.15) is 0 Å². The van der Waals surface area contributed by atoms with Crippen molar-refractivity contribution in [2.45, 2.75) is 32.1 Å². The zero-order valence-corrected chi connectivity index (χ0v) is 6.48. The van der Waals surface area contributed by atoms with E-state index in [0.29, 0.717) is 0 Å². The average molecular weight is 158 g/mol. The van der Waals surface area contributed by atoms with Crippen molar-refractivity contribution in [2.24, 2.45) is 10.3 Å². The molecule has 1 rings (SSSR count). The summed E-state index contributed by atoms with van der Waals surface area (Å²) in [6.45, 7) is 0. The van der Waals surface area contributed by atoms with E-state index in [9.17, 15) is 0 Å². The molecule has 1 fully saturated rings. The standard InChI is InChI=1S/C5H10.C2H4N2O2/c1-2-4-5-3-1;5-3-1-2-4-6/h1-5H2;1-2,5-6H/b;3-1+,4-2+. The fraction of sp³-hybridized carbons (Fsp3) is 0.714. The molecule has 64 valence electrons. The molecule has 0 bridgehead atoms. The summed E-state index contributed by atoms with van der Waals surface area (Å²) in [5.74, 6) is 0. The molecule has 0 aromatic heterocycles. The lowest BCUT2D eigenvalue weighted by molar-refractivity contribution is 0.317. The van der Waals surface area contributed by atoms with Gasteiger partial charge in [-0.2, -0.15) is 0 Å². The maximum atomic E-state index is 7.56. The molecule has 1 aliphatic carbocycles. The molecule has 0 aromatic carbocycles. The molecule has 0 spiro atoms. The molecule has 0 radical (unpaired) electrons. The lowest BCUT2D eigenvalue weighted by Crippen LogP contribution is -1.70. The molecule has 0 aliphatic heterocycles. The number of oxime groups is 2. The van der Waals surface area contributed by atoms with E-state index < -0.39 is 0 Å². The van der Waals surface area contributed by atoms with Crippen molar-refractivity contribution in [1.29, 1.82) is 0 Å². The highest BCUT2D eigenvalue weighted by Crippen LogP contribution is 2.15. The highest BCUT2D eigenvalue weighted by atomic mass is 16.4. The Hall–Kier alpha value is -1.06. The number of nitrogens with zero attached hydrogens (tertiary/aromatic N) is 2. The lowest BCUT2D eigenvalue weighted by Gasteiger charge is -1.67. The van der Waals surface area contributed by atoms with Gasteiger partial charge >= 0.3 is 0 Å². The van der Waals surface area contributed by atoms with Gasteiger partial charge in [-0.25, -0.2) is 0 Å². The van der Waals surface area contributed by atoms with Gasteiger partial charge < -0.3 is 10.4 Å². The number of rotatable bonds is 1. The molecular weight excluding hydrogens is 144 g/mol. The smallest absolute Gasteiger partial charge is 0.0877 e. The summed E-state index contributed by atoms with van der Waals surface area (Å²) >= 11 is 0. The predicted molar refractivity (Wildman–Crippen MR) is 43.6 cm³/mol. The minimum Gasteiger partial charge on any atom is -0.411 e. The van der Waals surface area contributed by atoms with Gasteiger partial charge in [0.25, 0.3) is 0 Å². The van der Waals surface area contributed by atoms with Gasteiger partial charge in [0.05, 0.1) is 12.4 Å². The van der Waals surface area contributed by atoms with Crippen LogP contribution in [-0.2, 0) is 0 Å². The van der Waals surface area contributed by atoms with Gasteiger partial charge in [-0.1, -0.05) is 42.4 Å². The van der Waals surface area contributed by atoms with E-state index in [-0.39, 0.29) is 0 Å². The quantitative estimate of drug-likeness (QED) is 0.347. The molecule has 11 heavy (non-hydrogen) atoms. The molecule has 4 nitrogen and oxygen atoms in total. The fourth-order valence-corrected chi connectivity index (χ4v) is 0.944. The lowest BCUT2D eigenvalue weighted by atomic mass is 10.4. The van der Waals surface area contributed by atoms with Crippen LogP contribution in [0.15, 0.2) is 10.3 Å². The van der Waals surface area contributed by atoms with E-state index in [1.54, 1.807) is 0 Å². The van der Waals surface area contributed by atoms with E-state index in [1.165, 1.54) is 32.1 Å². The summed E-state index contributed by atoms with van der Waals surface area (Å²) in [5, 5.41) is 20.1. The molecule has 0 unspecified atom stereocenters. The first-order valence-electron chi connectivity index (χ1n) is 3.75. The predicted octanol–water partition coefficient (Wildman–Crippen LogP) is 1.86. The minimum absolute atomic E-state index is 0.944. The summed E-state index contributed by atoms with van der Waals surface area (Å²) < 4.78 is 0. The molecule has 2 N–H and O–H groups in total. The maximum absolute atomic E-state index is 7.56. The Morgan fingerprint density at radius 1 is 0.727 bits per heavy atom. The summed E-state index contributed by atoms with van der Waals surface area (Å²) in [7, 11) is 0. The molecule has 0 heterocycles. The van der Waals surface area contributed by atoms with Crippen LogP contribution in [0, 0.1) is 0 Å². The van der Waals surface area contributed by atoms with Crippen LogP contribution in [0.3, 0.4) is 0 Å². The molecular formula is C7H14N2O2. The first kappa shape index (κ1) is 9.94. The summed E-state index contributed by atoms with van der Waals surface area (Å²) in [5.41, 5.74) is 0. The third kappa shape index (κ3) is 8.94. The van der Waals surface area contributed by atoms with E-state index in [0.717, 1.165) is 12.4 Å². The highest BCUT2D eigenvalue weighted by molar-refractivity contribution is 6.15. The van der Waals surface area contributed by atoms with Crippen LogP contribution in [0.25, 0.3) is 0 Å². The van der Waals surface area contributed by atoms with Crippen molar-refractivity contribution >= 4 is 12.4 Å². The van der Waals surface area contributed by atoms with E-state index >= 15 is 0 Å². The monoisotopic (exact) mass is 158 g/mol. The number of hydrogen-bond acceptors (Lipinski definition) is 4. The molecule has 0 atom stereocenters. The van der Waals surface area contributed by atoms with Crippen LogP contribution in [0.5, 0.6) is 0 Å². The van der Waals surface area contributed by atoms with Gasteiger partial charge in [0, 0.05) is 0 Å². The first-order valence-corrected chi connectivity index (χ1v) is 3.75. The van der Waals surface area contributed by atoms with Crippen molar-refractivity contribution in [3.63, 3.8) is 0 Å². The second kappa shape index (κ2) is 8.94. The third-order valence-corrected chi connectivity index (χ3v) is 1.45. The van der Waals surface area contributed by atoms with Crippen LogP contribution >= 0.6 is 0 Å². The topological polar surface area (TPSA) is 65.2 Å². The molecule has 0 aromatic rings. The second-order valence-corrected chi connectivity index (χ2v) is 2.30. The summed E-state index contributed by atoms with van der Waals surface area (Å²) in [6.07, 6.45) is 9.39. The summed E-state index contributed by atoms with van der Waals surface area (Å²) in [4.78, 5) is 0. The van der Waals surface area contributed by atoms with Crippen molar-refractivity contribution in [1.82, 2.24) is 0 Å². The van der Waals surface area contributed by atoms with E-state index in [2.05, 4.69) is 10.3 Å². The zero-order chi connectivity index (χ0) is 8.36. The Kier molecular flexibility index (Phi) is 8.08. The molecule has 1 saturated carbocycles. The Morgan fingerprint density at radius 3 is 1.18 bits per heavy atom. The molecule has 1 aliphatic rings. The molecule has 4 heteroatoms. The van der Waals surface area contributed by atoms with Crippen LogP contribution in [0.2, 0.25) is 0 Å². The van der Waals surface area contributed by atoms with E-state index in [4.69, 9.17) is 10.4 Å². The van der Waals surface area contributed by atoms with Gasteiger partial charge in [0.15, 0.2) is 0 Å². The Labute approximate surface area is 66.2 Å². The highest BCUT2D eigenvalue weighted by Gasteiger charge is 1.95. The van der Waals surface area contributed by atoms with Crippen molar-refractivity contribution in [3.05, 3.63) is 0 Å². The van der Waals surface area contributed by atoms with Gasteiger partial charge in [-0.15, -0.1) is 0 Å². The Morgan fingerprint density at radius 2 is 1.00 bits per heavy atom. The van der Waals surface area contributed by atoms with Crippen LogP contribution in [0.4, 0.5) is 0 Å². The van der Waals surface area contributed by atoms with Crippen LogP contribution in [-0.4, -0.2) is 22.8 Å². The van der Waals surface area contributed by atoms with E-state index in [1.807, 2.05) is 0 Å². The van der Waals surface area contributed by atoms with Crippen molar-refractivity contribution < 1.29 is 10.4 Å². The molecule has 0 saturated heterocycles. The van der Waals surface area contributed by atoms with Gasteiger partial charge in [-0.3, -0.25) is 0 Å². The van der Waals surface area contributed by atoms with Gasteiger partial charge in [0.2, 0.25) is 0 Å². The fourth-order valence-electron chi connectivity index (χ4n) is 0.944. The Bertz CT molecular complexity index is 102. The van der Waals surface area contributed by atoms with Crippen molar-refractivity contribution in [3.8, 4) is 0 Å². The minimum atomic E-state index is 0.944. The maximum Gasteiger partial charge on any atom is 0.0877 e. The Balaban J connectivity index is 0.000000183. The van der Waals surface area contributed by atoms with Crippen LogP contribution < -0.4 is 0 Å². The van der Waals surface area contributed by atoms with Gasteiger partial charge in [-0.05, 0) is 0 Å². The zero-order valence-electron chi connectivity index (χ0n) is 6.48. The summed E-state index contributed by atoms with van der Waals surface area (Å²) in [6, 6.07) is 0. The normalized spacial score (nSPS) is 17.1. The van der Waals surface area contributed by atoms with Crippen molar-refractivity contribution in [2.75, 3.05) is 0 Å². The third-order valence-electron chi connectivity index (χ3n) is 1.45. The first-order chi connectivity index (χ1) is 5.41. The molecule has 0 amide bonds. The largest absolute Gasteiger partial charge is 0.411 e. The SMILES string of the molecule is C1CCCC1.O/N=C/C=N/O. The second-order valence-electron chi connectivity index (χ2n) is 2.30. The van der Waals surface area contributed by atoms with Crippen LogP contribution in [0.1, 0.15) is 32.1 Å². The average Bonchev–Trinajstić information content (AvgIpc) is 2.57.